The molecule has 0 saturated heterocycles. The smallest absolute Gasteiger partial charge is 0.319 e. The van der Waals surface area contributed by atoms with E-state index in [0.717, 1.165) is 16.9 Å². The van der Waals surface area contributed by atoms with Crippen LogP contribution in [0.25, 0.3) is 0 Å². The molecule has 5 heteroatoms. The van der Waals surface area contributed by atoms with Crippen LogP contribution < -0.4 is 15.4 Å². The van der Waals surface area contributed by atoms with Gasteiger partial charge in [-0.3, -0.25) is 0 Å². The first-order chi connectivity index (χ1) is 10.2. The highest BCUT2D eigenvalue weighted by Crippen LogP contribution is 2.15. The normalized spacial score (nSPS) is 10.0. The Labute approximate surface area is 123 Å². The van der Waals surface area contributed by atoms with Gasteiger partial charge in [-0.25, -0.2) is 4.79 Å². The van der Waals surface area contributed by atoms with Crippen molar-refractivity contribution in [1.82, 2.24) is 5.32 Å². The van der Waals surface area contributed by atoms with Gasteiger partial charge in [0.05, 0.1) is 13.7 Å². The molecule has 2 aromatic rings. The summed E-state index contributed by atoms with van der Waals surface area (Å²) in [7, 11) is 1.59. The van der Waals surface area contributed by atoms with Crippen molar-refractivity contribution in [1.29, 1.82) is 0 Å². The molecule has 0 bridgehead atoms. The molecule has 5 nitrogen and oxygen atoms in total. The molecular formula is C16H18N2O3. The number of nitrogens with one attached hydrogen (secondary N) is 2. The molecule has 2 rings (SSSR count). The molecule has 0 unspecified atom stereocenters. The Morgan fingerprint density at radius 3 is 2.38 bits per heavy atom. The lowest BCUT2D eigenvalue weighted by Gasteiger charge is -2.10. The number of aliphatic hydroxyl groups excluding tert-OH is 1. The Balaban J connectivity index is 1.89. The van der Waals surface area contributed by atoms with Gasteiger partial charge in [-0.1, -0.05) is 24.3 Å². The monoisotopic (exact) mass is 286 g/mol. The molecule has 0 fully saturated rings. The van der Waals surface area contributed by atoms with Crippen molar-refractivity contribution in [3.05, 3.63) is 59.7 Å². The van der Waals surface area contributed by atoms with E-state index in [0.29, 0.717) is 12.2 Å². The molecule has 2 aromatic carbocycles. The van der Waals surface area contributed by atoms with Crippen LogP contribution in [0.4, 0.5) is 10.5 Å². The number of hydrogen-bond acceptors (Lipinski definition) is 3. The van der Waals surface area contributed by atoms with E-state index < -0.39 is 0 Å². The summed E-state index contributed by atoms with van der Waals surface area (Å²) in [5.41, 5.74) is 2.39. The van der Waals surface area contributed by atoms with Crippen molar-refractivity contribution >= 4 is 11.7 Å². The van der Waals surface area contributed by atoms with E-state index in [1.165, 1.54) is 0 Å². The van der Waals surface area contributed by atoms with Crippen molar-refractivity contribution in [3.8, 4) is 5.75 Å². The molecule has 0 aliphatic carbocycles. The number of amides is 2. The number of carbonyl (C=O) groups excluding carboxylic acids is 1. The predicted molar refractivity (Wildman–Crippen MR) is 81.2 cm³/mol. The number of ether oxygens (including phenoxy) is 1. The van der Waals surface area contributed by atoms with Gasteiger partial charge in [0.25, 0.3) is 0 Å². The lowest BCUT2D eigenvalue weighted by Crippen LogP contribution is -2.28. The van der Waals surface area contributed by atoms with E-state index in [-0.39, 0.29) is 12.6 Å². The number of aliphatic hydroxyl groups is 1. The molecule has 0 spiro atoms. The van der Waals surface area contributed by atoms with Gasteiger partial charge in [0.2, 0.25) is 0 Å². The summed E-state index contributed by atoms with van der Waals surface area (Å²) in [6, 6.07) is 14.2. The summed E-state index contributed by atoms with van der Waals surface area (Å²) >= 11 is 0. The Kier molecular flexibility index (Phi) is 5.17. The van der Waals surface area contributed by atoms with Gasteiger partial charge >= 0.3 is 6.03 Å². The second kappa shape index (κ2) is 7.31. The van der Waals surface area contributed by atoms with Crippen LogP contribution in [-0.4, -0.2) is 18.2 Å². The van der Waals surface area contributed by atoms with Gasteiger partial charge in [0.1, 0.15) is 5.75 Å². The SMILES string of the molecule is COc1ccc(NC(=O)NCc2ccccc2CO)cc1. The molecule has 3 N–H and O–H groups in total. The number of hydrogen-bond donors (Lipinski definition) is 3. The third-order valence-corrected chi connectivity index (χ3v) is 3.08. The first kappa shape index (κ1) is 14.9. The molecule has 2 amide bonds. The van der Waals surface area contributed by atoms with Crippen molar-refractivity contribution < 1.29 is 14.6 Å². The number of benzene rings is 2. The number of urea groups is 1. The van der Waals surface area contributed by atoms with Crippen LogP contribution in [0.2, 0.25) is 0 Å². The van der Waals surface area contributed by atoms with Crippen LogP contribution in [-0.2, 0) is 13.2 Å². The van der Waals surface area contributed by atoms with Crippen LogP contribution in [0.1, 0.15) is 11.1 Å². The highest BCUT2D eigenvalue weighted by atomic mass is 16.5. The van der Waals surface area contributed by atoms with Crippen molar-refractivity contribution in [2.75, 3.05) is 12.4 Å². The Morgan fingerprint density at radius 2 is 1.76 bits per heavy atom. The Bertz CT molecular complexity index is 597. The van der Waals surface area contributed by atoms with Crippen molar-refractivity contribution in [2.24, 2.45) is 0 Å². The van der Waals surface area contributed by atoms with Crippen LogP contribution in [0.3, 0.4) is 0 Å². The maximum absolute atomic E-state index is 11.8. The van der Waals surface area contributed by atoms with Gasteiger partial charge in [-0.15, -0.1) is 0 Å². The maximum Gasteiger partial charge on any atom is 0.319 e. The fourth-order valence-corrected chi connectivity index (χ4v) is 1.91. The largest absolute Gasteiger partial charge is 0.497 e. The third kappa shape index (κ3) is 4.22. The summed E-state index contributed by atoms with van der Waals surface area (Å²) in [6.07, 6.45) is 0. The lowest BCUT2D eigenvalue weighted by atomic mass is 10.1. The maximum atomic E-state index is 11.8. The molecule has 0 saturated carbocycles. The van der Waals surface area contributed by atoms with Gasteiger partial charge in [-0.2, -0.15) is 0 Å². The summed E-state index contributed by atoms with van der Waals surface area (Å²) in [6.45, 7) is 0.316. The molecule has 0 radical (unpaired) electrons. The number of methoxy groups -OCH3 is 1. The van der Waals surface area contributed by atoms with E-state index in [1.54, 1.807) is 31.4 Å². The molecule has 0 aromatic heterocycles. The van der Waals surface area contributed by atoms with E-state index in [1.807, 2.05) is 24.3 Å². The predicted octanol–water partition coefficient (Wildman–Crippen LogP) is 2.51. The molecule has 0 atom stereocenters. The Hall–Kier alpha value is -2.53. The minimum absolute atomic E-state index is 0.0437. The van der Waals surface area contributed by atoms with E-state index in [9.17, 15) is 9.90 Å². The number of rotatable bonds is 5. The van der Waals surface area contributed by atoms with Crippen LogP contribution in [0.5, 0.6) is 5.75 Å². The zero-order chi connectivity index (χ0) is 15.1. The molecule has 0 aliphatic rings. The van der Waals surface area contributed by atoms with Crippen molar-refractivity contribution in [3.63, 3.8) is 0 Å². The Morgan fingerprint density at radius 1 is 1.10 bits per heavy atom. The van der Waals surface area contributed by atoms with Gasteiger partial charge in [-0.05, 0) is 35.4 Å². The first-order valence-electron chi connectivity index (χ1n) is 6.59. The van der Waals surface area contributed by atoms with E-state index in [2.05, 4.69) is 10.6 Å². The second-order valence-electron chi connectivity index (χ2n) is 4.46. The zero-order valence-corrected chi connectivity index (χ0v) is 11.8. The topological polar surface area (TPSA) is 70.6 Å². The molecule has 0 aliphatic heterocycles. The zero-order valence-electron chi connectivity index (χ0n) is 11.8. The summed E-state index contributed by atoms with van der Waals surface area (Å²) < 4.78 is 5.05. The number of carbonyl (C=O) groups is 1. The van der Waals surface area contributed by atoms with E-state index >= 15 is 0 Å². The second-order valence-corrected chi connectivity index (χ2v) is 4.46. The van der Waals surface area contributed by atoms with Gasteiger partial charge < -0.3 is 20.5 Å². The summed E-state index contributed by atoms with van der Waals surface area (Å²) in [4.78, 5) is 11.8. The van der Waals surface area contributed by atoms with Crippen molar-refractivity contribution in [2.45, 2.75) is 13.2 Å². The summed E-state index contributed by atoms with van der Waals surface area (Å²) in [5, 5.41) is 14.7. The standard InChI is InChI=1S/C16H18N2O3/c1-21-15-8-6-14(7-9-15)18-16(20)17-10-12-4-2-3-5-13(12)11-19/h2-9,19H,10-11H2,1H3,(H2,17,18,20). The first-order valence-corrected chi connectivity index (χ1v) is 6.59. The lowest BCUT2D eigenvalue weighted by molar-refractivity contribution is 0.251. The molecular weight excluding hydrogens is 268 g/mol. The average Bonchev–Trinajstić information content (AvgIpc) is 2.54. The van der Waals surface area contributed by atoms with Crippen LogP contribution >= 0.6 is 0 Å². The number of anilines is 1. The van der Waals surface area contributed by atoms with Crippen LogP contribution in [0.15, 0.2) is 48.5 Å². The minimum atomic E-state index is -0.298. The summed E-state index contributed by atoms with van der Waals surface area (Å²) in [5.74, 6) is 0.734. The fourth-order valence-electron chi connectivity index (χ4n) is 1.91. The highest BCUT2D eigenvalue weighted by molar-refractivity contribution is 5.89. The van der Waals surface area contributed by atoms with Gasteiger partial charge in [0.15, 0.2) is 0 Å². The fraction of sp³-hybridized carbons (Fsp3) is 0.188. The van der Waals surface area contributed by atoms with Gasteiger partial charge in [0, 0.05) is 12.2 Å². The molecule has 110 valence electrons. The minimum Gasteiger partial charge on any atom is -0.497 e. The van der Waals surface area contributed by atoms with Crippen LogP contribution in [0, 0.1) is 0 Å². The molecule has 21 heavy (non-hydrogen) atoms. The molecule has 0 heterocycles. The quantitative estimate of drug-likeness (QED) is 0.791. The van der Waals surface area contributed by atoms with E-state index in [4.69, 9.17) is 4.74 Å². The third-order valence-electron chi connectivity index (χ3n) is 3.08. The highest BCUT2D eigenvalue weighted by Gasteiger charge is 2.04. The average molecular weight is 286 g/mol.